The summed E-state index contributed by atoms with van der Waals surface area (Å²) in [4.78, 5) is 13.1. The van der Waals surface area contributed by atoms with Crippen molar-refractivity contribution in [2.24, 2.45) is 0 Å². The fraction of sp³-hybridized carbons (Fsp3) is 0.0952. The molecule has 0 bridgehead atoms. The molecule has 0 amide bonds. The second-order valence-electron chi connectivity index (χ2n) is 6.08. The zero-order valence-electron chi connectivity index (χ0n) is 13.7. The molecule has 5 heteroatoms. The molecule has 0 aromatic heterocycles. The van der Waals surface area contributed by atoms with Gasteiger partial charge in [0.2, 0.25) is 5.78 Å². The van der Waals surface area contributed by atoms with E-state index in [1.165, 1.54) is 0 Å². The van der Waals surface area contributed by atoms with E-state index in [-0.39, 0.29) is 11.8 Å². The maximum absolute atomic E-state index is 13.1. The molecule has 0 saturated carbocycles. The van der Waals surface area contributed by atoms with E-state index in [0.717, 1.165) is 21.5 Å². The summed E-state index contributed by atoms with van der Waals surface area (Å²) in [6, 6.07) is 22.2. The fourth-order valence-corrected chi connectivity index (χ4v) is 3.47. The monoisotopic (exact) mass is 427 g/mol. The molecule has 3 aromatic carbocycles. The lowest BCUT2D eigenvalue weighted by molar-refractivity contribution is 0.0802. The van der Waals surface area contributed by atoms with Crippen LogP contribution in [0.1, 0.15) is 22.0 Å². The molecular weight excluding hydrogens is 414 g/mol. The first-order chi connectivity index (χ1) is 12.6. The fourth-order valence-electron chi connectivity index (χ4n) is 3.08. The number of carbonyl (C=O) groups is 1. The van der Waals surface area contributed by atoms with Crippen LogP contribution in [0, 0.1) is 0 Å². The van der Waals surface area contributed by atoms with Crippen LogP contribution in [0.4, 0.5) is 5.69 Å². The molecule has 0 saturated heterocycles. The van der Waals surface area contributed by atoms with Crippen LogP contribution in [0.3, 0.4) is 0 Å². The van der Waals surface area contributed by atoms with Crippen molar-refractivity contribution in [1.82, 2.24) is 0 Å². The number of hydrogen-bond acceptors (Lipinski definition) is 3. The van der Waals surface area contributed by atoms with Crippen molar-refractivity contribution in [2.45, 2.75) is 12.1 Å². The van der Waals surface area contributed by atoms with Gasteiger partial charge in [-0.3, -0.25) is 4.79 Å². The number of anilines is 1. The van der Waals surface area contributed by atoms with Gasteiger partial charge in [0.05, 0.1) is 6.04 Å². The lowest BCUT2D eigenvalue weighted by atomic mass is 9.96. The number of ether oxygens (including phenoxy) is 1. The van der Waals surface area contributed by atoms with Crippen LogP contribution in [-0.4, -0.2) is 11.9 Å². The Hall–Kier alpha value is -2.30. The van der Waals surface area contributed by atoms with Gasteiger partial charge in [0.15, 0.2) is 6.10 Å². The highest BCUT2D eigenvalue weighted by molar-refractivity contribution is 9.10. The SMILES string of the molecule is O=C(c1ccc(Cl)cc1)C1Oc2ccccc2C1Nc1ccc(Br)cc1. The standard InChI is InChI=1S/C21H15BrClNO2/c22-14-7-11-16(12-8-14)24-19-17-3-1-2-4-18(17)26-21(19)20(25)13-5-9-15(23)10-6-13/h1-12,19,21,24H. The van der Waals surface area contributed by atoms with Crippen LogP contribution in [0.2, 0.25) is 5.02 Å². The summed E-state index contributed by atoms with van der Waals surface area (Å²) in [6.07, 6.45) is -0.641. The van der Waals surface area contributed by atoms with Crippen LogP contribution in [-0.2, 0) is 0 Å². The predicted octanol–water partition coefficient (Wildman–Crippen LogP) is 5.90. The molecule has 2 unspecified atom stereocenters. The maximum atomic E-state index is 13.1. The molecule has 0 fully saturated rings. The number of benzene rings is 3. The third kappa shape index (κ3) is 3.35. The molecule has 0 aliphatic carbocycles. The summed E-state index contributed by atoms with van der Waals surface area (Å²) in [7, 11) is 0. The lowest BCUT2D eigenvalue weighted by Crippen LogP contribution is -2.33. The van der Waals surface area contributed by atoms with E-state index >= 15 is 0 Å². The van der Waals surface area contributed by atoms with Gasteiger partial charge >= 0.3 is 0 Å². The number of Topliss-reactive ketones (excluding diaryl/α,β-unsaturated/α-hetero) is 1. The number of rotatable bonds is 4. The molecule has 4 rings (SSSR count). The van der Waals surface area contributed by atoms with E-state index in [4.69, 9.17) is 16.3 Å². The Labute approximate surface area is 165 Å². The largest absolute Gasteiger partial charge is 0.479 e. The zero-order valence-corrected chi connectivity index (χ0v) is 16.0. The minimum atomic E-state index is -0.641. The molecule has 130 valence electrons. The Morgan fingerprint density at radius 3 is 2.38 bits per heavy atom. The summed E-state index contributed by atoms with van der Waals surface area (Å²) in [5.74, 6) is 0.655. The van der Waals surface area contributed by atoms with E-state index in [2.05, 4.69) is 21.2 Å². The van der Waals surface area contributed by atoms with Crippen LogP contribution < -0.4 is 10.1 Å². The highest BCUT2D eigenvalue weighted by Crippen LogP contribution is 2.40. The Morgan fingerprint density at radius 1 is 0.962 bits per heavy atom. The van der Waals surface area contributed by atoms with Crippen molar-refractivity contribution in [3.05, 3.63) is 93.4 Å². The van der Waals surface area contributed by atoms with Crippen molar-refractivity contribution in [3.63, 3.8) is 0 Å². The molecule has 1 aliphatic heterocycles. The number of fused-ring (bicyclic) bond motifs is 1. The van der Waals surface area contributed by atoms with Gasteiger partial charge in [-0.25, -0.2) is 0 Å². The zero-order chi connectivity index (χ0) is 18.1. The van der Waals surface area contributed by atoms with Crippen LogP contribution in [0.25, 0.3) is 0 Å². The first-order valence-corrected chi connectivity index (χ1v) is 9.36. The van der Waals surface area contributed by atoms with Gasteiger partial charge in [0.25, 0.3) is 0 Å². The highest BCUT2D eigenvalue weighted by atomic mass is 79.9. The molecule has 1 aliphatic rings. The Kier molecular flexibility index (Phi) is 4.70. The summed E-state index contributed by atoms with van der Waals surface area (Å²) in [6.45, 7) is 0. The first kappa shape index (κ1) is 17.1. The van der Waals surface area contributed by atoms with Crippen molar-refractivity contribution in [2.75, 3.05) is 5.32 Å². The molecule has 0 radical (unpaired) electrons. The highest BCUT2D eigenvalue weighted by Gasteiger charge is 2.39. The van der Waals surface area contributed by atoms with Gasteiger partial charge < -0.3 is 10.1 Å². The van der Waals surface area contributed by atoms with Gasteiger partial charge in [-0.05, 0) is 54.6 Å². The molecule has 3 aromatic rings. The van der Waals surface area contributed by atoms with Crippen molar-refractivity contribution >= 4 is 39.0 Å². The van der Waals surface area contributed by atoms with Gasteiger partial charge in [0, 0.05) is 26.3 Å². The normalized spacial score (nSPS) is 18.1. The number of carbonyl (C=O) groups excluding carboxylic acids is 1. The summed E-state index contributed by atoms with van der Waals surface area (Å²) in [5.41, 5.74) is 2.48. The Balaban J connectivity index is 1.67. The quantitative estimate of drug-likeness (QED) is 0.526. The van der Waals surface area contributed by atoms with Gasteiger partial charge in [-0.15, -0.1) is 0 Å². The Bertz CT molecular complexity index is 941. The van der Waals surface area contributed by atoms with E-state index in [1.54, 1.807) is 24.3 Å². The van der Waals surface area contributed by atoms with Gasteiger partial charge in [0.1, 0.15) is 5.75 Å². The molecule has 3 nitrogen and oxygen atoms in total. The summed E-state index contributed by atoms with van der Waals surface area (Å²) >= 11 is 9.38. The number of hydrogen-bond donors (Lipinski definition) is 1. The topological polar surface area (TPSA) is 38.3 Å². The van der Waals surface area contributed by atoms with E-state index in [1.807, 2.05) is 48.5 Å². The first-order valence-electron chi connectivity index (χ1n) is 8.19. The van der Waals surface area contributed by atoms with Crippen molar-refractivity contribution in [1.29, 1.82) is 0 Å². The maximum Gasteiger partial charge on any atom is 0.205 e. The van der Waals surface area contributed by atoms with Crippen LogP contribution in [0.15, 0.2) is 77.3 Å². The number of ketones is 1. The molecule has 26 heavy (non-hydrogen) atoms. The Morgan fingerprint density at radius 2 is 1.65 bits per heavy atom. The minimum absolute atomic E-state index is 0.0764. The average Bonchev–Trinajstić information content (AvgIpc) is 3.02. The molecule has 1 heterocycles. The van der Waals surface area contributed by atoms with E-state index < -0.39 is 6.10 Å². The molecule has 1 N–H and O–H groups in total. The number of halogens is 2. The second kappa shape index (κ2) is 7.14. The predicted molar refractivity (Wildman–Crippen MR) is 107 cm³/mol. The smallest absolute Gasteiger partial charge is 0.205 e. The van der Waals surface area contributed by atoms with Gasteiger partial charge in [-0.1, -0.05) is 45.7 Å². The van der Waals surface area contributed by atoms with Crippen molar-refractivity contribution in [3.8, 4) is 5.75 Å². The van der Waals surface area contributed by atoms with E-state index in [9.17, 15) is 4.79 Å². The van der Waals surface area contributed by atoms with E-state index in [0.29, 0.717) is 10.6 Å². The second-order valence-corrected chi connectivity index (χ2v) is 7.43. The van der Waals surface area contributed by atoms with Crippen LogP contribution in [0.5, 0.6) is 5.75 Å². The van der Waals surface area contributed by atoms with Gasteiger partial charge in [-0.2, -0.15) is 0 Å². The third-order valence-corrected chi connectivity index (χ3v) is 5.14. The number of nitrogens with one attached hydrogen (secondary N) is 1. The molecule has 2 atom stereocenters. The minimum Gasteiger partial charge on any atom is -0.479 e. The molecular formula is C21H15BrClNO2. The van der Waals surface area contributed by atoms with Crippen molar-refractivity contribution < 1.29 is 9.53 Å². The number of para-hydroxylation sites is 1. The lowest BCUT2D eigenvalue weighted by Gasteiger charge is -2.21. The van der Waals surface area contributed by atoms with Crippen LogP contribution >= 0.6 is 27.5 Å². The summed E-state index contributed by atoms with van der Waals surface area (Å²) in [5, 5.41) is 4.04. The molecule has 0 spiro atoms. The average molecular weight is 429 g/mol. The summed E-state index contributed by atoms with van der Waals surface area (Å²) < 4.78 is 7.01. The third-order valence-electron chi connectivity index (χ3n) is 4.36.